The Balaban J connectivity index is 1.89. The molecule has 2 rings (SSSR count). The SMILES string of the molecule is COc1ccc(OCC(=O)N[C@H]2CCCC[C@@H]2C)c(C=O)c1. The van der Waals surface area contributed by atoms with Crippen LogP contribution in [-0.4, -0.2) is 32.0 Å². The van der Waals surface area contributed by atoms with Gasteiger partial charge in [0, 0.05) is 6.04 Å². The summed E-state index contributed by atoms with van der Waals surface area (Å²) in [5.41, 5.74) is 0.373. The van der Waals surface area contributed by atoms with E-state index >= 15 is 0 Å². The summed E-state index contributed by atoms with van der Waals surface area (Å²) >= 11 is 0. The standard InChI is InChI=1S/C17H23NO4/c1-12-5-3-4-6-15(12)18-17(20)11-22-16-8-7-14(21-2)9-13(16)10-19/h7-10,12,15H,3-6,11H2,1-2H3,(H,18,20)/t12-,15-/m0/s1. The van der Waals surface area contributed by atoms with Crippen molar-refractivity contribution in [3.05, 3.63) is 23.8 Å². The topological polar surface area (TPSA) is 64.6 Å². The molecule has 0 saturated heterocycles. The molecule has 0 aliphatic heterocycles. The molecule has 0 bridgehead atoms. The molecule has 1 saturated carbocycles. The fourth-order valence-corrected chi connectivity index (χ4v) is 2.80. The summed E-state index contributed by atoms with van der Waals surface area (Å²) in [6.45, 7) is 2.08. The third kappa shape index (κ3) is 4.23. The van der Waals surface area contributed by atoms with Crippen LogP contribution in [0.2, 0.25) is 0 Å². The Bertz CT molecular complexity index is 529. The van der Waals surface area contributed by atoms with E-state index in [0.29, 0.717) is 29.3 Å². The van der Waals surface area contributed by atoms with Crippen molar-refractivity contribution in [3.8, 4) is 11.5 Å². The van der Waals surface area contributed by atoms with Crippen molar-refractivity contribution < 1.29 is 19.1 Å². The average Bonchev–Trinajstić information content (AvgIpc) is 2.55. The number of nitrogens with one attached hydrogen (secondary N) is 1. The largest absolute Gasteiger partial charge is 0.497 e. The molecule has 5 heteroatoms. The molecule has 1 N–H and O–H groups in total. The minimum atomic E-state index is -0.147. The highest BCUT2D eigenvalue weighted by Crippen LogP contribution is 2.24. The monoisotopic (exact) mass is 305 g/mol. The van der Waals surface area contributed by atoms with E-state index in [0.717, 1.165) is 19.3 Å². The van der Waals surface area contributed by atoms with Gasteiger partial charge in [0.1, 0.15) is 11.5 Å². The summed E-state index contributed by atoms with van der Waals surface area (Å²) in [6, 6.07) is 5.15. The number of methoxy groups -OCH3 is 1. The molecule has 1 aliphatic carbocycles. The second-order valence-electron chi connectivity index (χ2n) is 5.75. The molecule has 0 heterocycles. The van der Waals surface area contributed by atoms with Crippen LogP contribution in [0.1, 0.15) is 43.0 Å². The lowest BCUT2D eigenvalue weighted by Gasteiger charge is -2.29. The molecule has 1 aromatic rings. The van der Waals surface area contributed by atoms with Crippen LogP contribution in [0.25, 0.3) is 0 Å². The van der Waals surface area contributed by atoms with Crippen LogP contribution in [0.4, 0.5) is 0 Å². The third-order valence-corrected chi connectivity index (χ3v) is 4.16. The van der Waals surface area contributed by atoms with E-state index in [9.17, 15) is 9.59 Å². The maximum Gasteiger partial charge on any atom is 0.258 e. The highest BCUT2D eigenvalue weighted by Gasteiger charge is 2.22. The van der Waals surface area contributed by atoms with E-state index in [1.54, 1.807) is 18.2 Å². The van der Waals surface area contributed by atoms with E-state index in [2.05, 4.69) is 12.2 Å². The van der Waals surface area contributed by atoms with Crippen LogP contribution in [0.3, 0.4) is 0 Å². The first kappa shape index (κ1) is 16.3. The van der Waals surface area contributed by atoms with Crippen LogP contribution in [0.5, 0.6) is 11.5 Å². The lowest BCUT2D eigenvalue weighted by Crippen LogP contribution is -2.43. The summed E-state index contributed by atoms with van der Waals surface area (Å²) in [7, 11) is 1.53. The summed E-state index contributed by atoms with van der Waals surface area (Å²) in [5, 5.41) is 3.02. The molecule has 22 heavy (non-hydrogen) atoms. The van der Waals surface area contributed by atoms with Gasteiger partial charge in [0.15, 0.2) is 12.9 Å². The molecule has 0 radical (unpaired) electrons. The number of carbonyl (C=O) groups is 2. The Morgan fingerprint density at radius 1 is 1.36 bits per heavy atom. The lowest BCUT2D eigenvalue weighted by molar-refractivity contribution is -0.124. The molecule has 1 fully saturated rings. The van der Waals surface area contributed by atoms with Gasteiger partial charge in [0.05, 0.1) is 12.7 Å². The average molecular weight is 305 g/mol. The van der Waals surface area contributed by atoms with Gasteiger partial charge in [-0.3, -0.25) is 9.59 Å². The lowest BCUT2D eigenvalue weighted by atomic mass is 9.86. The summed E-state index contributed by atoms with van der Waals surface area (Å²) < 4.78 is 10.5. The van der Waals surface area contributed by atoms with Gasteiger partial charge in [-0.15, -0.1) is 0 Å². The van der Waals surface area contributed by atoms with Crippen molar-refractivity contribution in [3.63, 3.8) is 0 Å². The van der Waals surface area contributed by atoms with E-state index in [1.165, 1.54) is 13.5 Å². The number of ether oxygens (including phenoxy) is 2. The maximum atomic E-state index is 12.0. The summed E-state index contributed by atoms with van der Waals surface area (Å²) in [5.74, 6) is 1.33. The molecule has 0 spiro atoms. The predicted octanol–water partition coefficient (Wildman–Crippen LogP) is 2.58. The predicted molar refractivity (Wildman–Crippen MR) is 83.4 cm³/mol. The fourth-order valence-electron chi connectivity index (χ4n) is 2.80. The molecular formula is C17H23NO4. The zero-order chi connectivity index (χ0) is 15.9. The van der Waals surface area contributed by atoms with Gasteiger partial charge in [-0.25, -0.2) is 0 Å². The number of rotatable bonds is 6. The molecule has 120 valence electrons. The second-order valence-corrected chi connectivity index (χ2v) is 5.75. The van der Waals surface area contributed by atoms with Gasteiger partial charge in [-0.1, -0.05) is 19.8 Å². The Morgan fingerprint density at radius 2 is 2.14 bits per heavy atom. The quantitative estimate of drug-likeness (QED) is 0.820. The van der Waals surface area contributed by atoms with Gasteiger partial charge in [-0.2, -0.15) is 0 Å². The van der Waals surface area contributed by atoms with E-state index in [-0.39, 0.29) is 18.6 Å². The second kappa shape index (κ2) is 7.82. The van der Waals surface area contributed by atoms with Crippen molar-refractivity contribution >= 4 is 12.2 Å². The van der Waals surface area contributed by atoms with Crippen LogP contribution >= 0.6 is 0 Å². The van der Waals surface area contributed by atoms with Crippen molar-refractivity contribution in [2.45, 2.75) is 38.6 Å². The van der Waals surface area contributed by atoms with Crippen LogP contribution in [0.15, 0.2) is 18.2 Å². The minimum Gasteiger partial charge on any atom is -0.497 e. The van der Waals surface area contributed by atoms with Crippen molar-refractivity contribution in [1.82, 2.24) is 5.32 Å². The first-order valence-electron chi connectivity index (χ1n) is 7.69. The summed E-state index contributed by atoms with van der Waals surface area (Å²) in [4.78, 5) is 23.1. The fraction of sp³-hybridized carbons (Fsp3) is 0.529. The number of amides is 1. The smallest absolute Gasteiger partial charge is 0.258 e. The Morgan fingerprint density at radius 3 is 2.82 bits per heavy atom. The van der Waals surface area contributed by atoms with Gasteiger partial charge < -0.3 is 14.8 Å². The molecule has 2 atom stereocenters. The van der Waals surface area contributed by atoms with Gasteiger partial charge in [0.25, 0.3) is 5.91 Å². The van der Waals surface area contributed by atoms with Crippen LogP contribution in [0, 0.1) is 5.92 Å². The molecule has 0 unspecified atom stereocenters. The van der Waals surface area contributed by atoms with Crippen molar-refractivity contribution in [1.29, 1.82) is 0 Å². The zero-order valence-electron chi connectivity index (χ0n) is 13.1. The molecule has 5 nitrogen and oxygen atoms in total. The normalized spacial score (nSPS) is 21.0. The third-order valence-electron chi connectivity index (χ3n) is 4.16. The Labute approximate surface area is 131 Å². The van der Waals surface area contributed by atoms with Crippen molar-refractivity contribution in [2.75, 3.05) is 13.7 Å². The molecular weight excluding hydrogens is 282 g/mol. The zero-order valence-corrected chi connectivity index (χ0v) is 13.1. The molecule has 0 aromatic heterocycles. The highest BCUT2D eigenvalue weighted by molar-refractivity contribution is 5.81. The number of hydrogen-bond acceptors (Lipinski definition) is 4. The number of benzene rings is 1. The van der Waals surface area contributed by atoms with Gasteiger partial charge >= 0.3 is 0 Å². The minimum absolute atomic E-state index is 0.0869. The number of hydrogen-bond donors (Lipinski definition) is 1. The molecule has 1 aromatic carbocycles. The van der Waals surface area contributed by atoms with E-state index in [4.69, 9.17) is 9.47 Å². The van der Waals surface area contributed by atoms with Gasteiger partial charge in [-0.05, 0) is 37.0 Å². The van der Waals surface area contributed by atoms with Gasteiger partial charge in [0.2, 0.25) is 0 Å². The molecule has 1 aliphatic rings. The van der Waals surface area contributed by atoms with Crippen LogP contribution < -0.4 is 14.8 Å². The number of aldehydes is 1. The maximum absolute atomic E-state index is 12.0. The molecule has 1 amide bonds. The van der Waals surface area contributed by atoms with E-state index < -0.39 is 0 Å². The first-order chi connectivity index (χ1) is 10.6. The highest BCUT2D eigenvalue weighted by atomic mass is 16.5. The summed E-state index contributed by atoms with van der Waals surface area (Å²) in [6.07, 6.45) is 5.26. The van der Waals surface area contributed by atoms with Crippen LogP contribution in [-0.2, 0) is 4.79 Å². The first-order valence-corrected chi connectivity index (χ1v) is 7.69. The Hall–Kier alpha value is -2.04. The van der Waals surface area contributed by atoms with E-state index in [1.807, 2.05) is 0 Å². The van der Waals surface area contributed by atoms with Crippen molar-refractivity contribution in [2.24, 2.45) is 5.92 Å². The number of carbonyl (C=O) groups excluding carboxylic acids is 2. The Kier molecular flexibility index (Phi) is 5.81.